The summed E-state index contributed by atoms with van der Waals surface area (Å²) < 4.78 is 26.9. The third-order valence-corrected chi connectivity index (χ3v) is 7.43. The van der Waals surface area contributed by atoms with E-state index in [1.54, 1.807) is 6.92 Å². The summed E-state index contributed by atoms with van der Waals surface area (Å²) in [5.41, 5.74) is 0.905. The number of sulfonamides is 1. The van der Waals surface area contributed by atoms with Crippen LogP contribution in [-0.4, -0.2) is 50.0 Å². The maximum atomic E-state index is 13.5. The van der Waals surface area contributed by atoms with Gasteiger partial charge in [0.15, 0.2) is 0 Å². The van der Waals surface area contributed by atoms with Gasteiger partial charge < -0.3 is 10.2 Å². The minimum Gasteiger partial charge on any atom is -0.352 e. The third kappa shape index (κ3) is 7.86. The molecule has 186 valence electrons. The lowest BCUT2D eigenvalue weighted by Crippen LogP contribution is -2.52. The van der Waals surface area contributed by atoms with Crippen molar-refractivity contribution in [1.29, 1.82) is 0 Å². The van der Waals surface area contributed by atoms with Crippen LogP contribution >= 0.6 is 39.1 Å². The summed E-state index contributed by atoms with van der Waals surface area (Å²) in [7, 11) is -3.88. The van der Waals surface area contributed by atoms with E-state index in [1.165, 1.54) is 23.1 Å². The van der Waals surface area contributed by atoms with Gasteiger partial charge in [-0.3, -0.25) is 13.9 Å². The maximum absolute atomic E-state index is 13.5. The van der Waals surface area contributed by atoms with Gasteiger partial charge in [-0.2, -0.15) is 0 Å². The molecule has 0 heterocycles. The Labute approximate surface area is 219 Å². The number of halogens is 3. The number of amides is 2. The molecule has 0 aliphatic carbocycles. The predicted octanol–water partition coefficient (Wildman–Crippen LogP) is 4.85. The summed E-state index contributed by atoms with van der Waals surface area (Å²) >= 11 is 15.6. The van der Waals surface area contributed by atoms with Gasteiger partial charge in [0.2, 0.25) is 21.8 Å². The second kappa shape index (κ2) is 12.2. The average Bonchev–Trinajstić information content (AvgIpc) is 2.74. The Kier molecular flexibility index (Phi) is 10.2. The van der Waals surface area contributed by atoms with Crippen molar-refractivity contribution in [2.24, 2.45) is 0 Å². The average molecular weight is 593 g/mol. The van der Waals surface area contributed by atoms with E-state index in [2.05, 4.69) is 21.2 Å². The van der Waals surface area contributed by atoms with E-state index >= 15 is 0 Å². The summed E-state index contributed by atoms with van der Waals surface area (Å²) in [4.78, 5) is 27.7. The number of rotatable bonds is 10. The Morgan fingerprint density at radius 3 is 2.35 bits per heavy atom. The molecule has 0 spiro atoms. The molecule has 0 bridgehead atoms. The van der Waals surface area contributed by atoms with Crippen LogP contribution in [0.4, 0.5) is 5.69 Å². The lowest BCUT2D eigenvalue weighted by molar-refractivity contribution is -0.139. The molecule has 11 heteroatoms. The first kappa shape index (κ1) is 28.4. The van der Waals surface area contributed by atoms with E-state index in [0.717, 1.165) is 27.0 Å². The van der Waals surface area contributed by atoms with E-state index in [4.69, 9.17) is 23.2 Å². The van der Waals surface area contributed by atoms with Gasteiger partial charge in [0.05, 0.1) is 17.0 Å². The second-order valence-corrected chi connectivity index (χ2v) is 11.7. The lowest BCUT2D eigenvalue weighted by atomic mass is 10.1. The normalized spacial score (nSPS) is 13.1. The number of hydrogen-bond donors (Lipinski definition) is 1. The van der Waals surface area contributed by atoms with Gasteiger partial charge in [0.1, 0.15) is 12.6 Å². The van der Waals surface area contributed by atoms with Crippen LogP contribution in [0.3, 0.4) is 0 Å². The topological polar surface area (TPSA) is 86.8 Å². The SMILES string of the molecule is CC[C@H](C)NC(=O)[C@H](C)N(Cc1cccc(Br)c1)C(=O)CN(c1ccc(Cl)cc1Cl)S(C)(=O)=O. The van der Waals surface area contributed by atoms with E-state index in [-0.39, 0.29) is 29.2 Å². The molecule has 2 amide bonds. The Morgan fingerprint density at radius 1 is 1.12 bits per heavy atom. The monoisotopic (exact) mass is 591 g/mol. The fourth-order valence-electron chi connectivity index (χ4n) is 3.16. The molecule has 2 aromatic rings. The van der Waals surface area contributed by atoms with Crippen LogP contribution in [0.2, 0.25) is 10.0 Å². The van der Waals surface area contributed by atoms with Crippen molar-refractivity contribution in [1.82, 2.24) is 10.2 Å². The minimum absolute atomic E-state index is 0.0711. The van der Waals surface area contributed by atoms with Crippen molar-refractivity contribution >= 4 is 66.7 Å². The van der Waals surface area contributed by atoms with Crippen LogP contribution in [0.1, 0.15) is 32.8 Å². The number of hydrogen-bond acceptors (Lipinski definition) is 4. The molecule has 0 aliphatic rings. The van der Waals surface area contributed by atoms with Crippen molar-refractivity contribution in [3.05, 3.63) is 62.5 Å². The summed E-state index contributed by atoms with van der Waals surface area (Å²) in [5, 5.41) is 3.31. The first-order chi connectivity index (χ1) is 15.8. The maximum Gasteiger partial charge on any atom is 0.244 e. The highest BCUT2D eigenvalue weighted by atomic mass is 79.9. The molecule has 0 radical (unpaired) electrons. The summed E-state index contributed by atoms with van der Waals surface area (Å²) in [6, 6.07) is 10.8. The first-order valence-electron chi connectivity index (χ1n) is 10.6. The number of nitrogens with zero attached hydrogens (tertiary/aromatic N) is 2. The summed E-state index contributed by atoms with van der Waals surface area (Å²) in [6.07, 6.45) is 1.72. The first-order valence-corrected chi connectivity index (χ1v) is 14.0. The van der Waals surface area contributed by atoms with Crippen LogP contribution in [0.5, 0.6) is 0 Å². The van der Waals surface area contributed by atoms with E-state index < -0.39 is 28.5 Å². The molecule has 34 heavy (non-hydrogen) atoms. The molecule has 2 rings (SSSR count). The molecule has 0 aliphatic heterocycles. The summed E-state index contributed by atoms with van der Waals surface area (Å²) in [6.45, 7) is 5.01. The molecule has 2 atom stereocenters. The number of nitrogens with one attached hydrogen (secondary N) is 1. The van der Waals surface area contributed by atoms with Crippen molar-refractivity contribution in [2.75, 3.05) is 17.1 Å². The molecule has 0 saturated carbocycles. The molecule has 1 N–H and O–H groups in total. The Morgan fingerprint density at radius 2 is 1.79 bits per heavy atom. The Balaban J connectivity index is 2.42. The largest absolute Gasteiger partial charge is 0.352 e. The Hall–Kier alpha value is -1.81. The molecular weight excluding hydrogens is 565 g/mol. The van der Waals surface area contributed by atoms with Gasteiger partial charge in [-0.25, -0.2) is 8.42 Å². The standard InChI is InChI=1S/C23H28BrCl2N3O4S/c1-5-15(2)27-23(31)16(3)28(13-17-7-6-8-18(24)11-17)22(30)14-29(34(4,32)33)21-10-9-19(25)12-20(21)26/h6-12,15-16H,5,13-14H2,1-4H3,(H,27,31)/t15-,16-/m0/s1. The molecule has 7 nitrogen and oxygen atoms in total. The summed E-state index contributed by atoms with van der Waals surface area (Å²) in [5.74, 6) is -0.878. The van der Waals surface area contributed by atoms with Gasteiger partial charge in [0, 0.05) is 22.1 Å². The quantitative estimate of drug-likeness (QED) is 0.427. The predicted molar refractivity (Wildman–Crippen MR) is 141 cm³/mol. The number of carbonyl (C=O) groups is 2. The fraction of sp³-hybridized carbons (Fsp3) is 0.391. The smallest absolute Gasteiger partial charge is 0.244 e. The third-order valence-electron chi connectivity index (χ3n) is 5.27. The number of carbonyl (C=O) groups excluding carboxylic acids is 2. The van der Waals surface area contributed by atoms with E-state index in [1.807, 2.05) is 38.1 Å². The van der Waals surface area contributed by atoms with Crippen LogP contribution in [0, 0.1) is 0 Å². The van der Waals surface area contributed by atoms with Crippen molar-refractivity contribution in [3.8, 4) is 0 Å². The highest BCUT2D eigenvalue weighted by Gasteiger charge is 2.31. The van der Waals surface area contributed by atoms with Gasteiger partial charge >= 0.3 is 0 Å². The van der Waals surface area contributed by atoms with E-state index in [0.29, 0.717) is 5.02 Å². The molecular formula is C23H28BrCl2N3O4S. The van der Waals surface area contributed by atoms with Crippen molar-refractivity contribution in [2.45, 2.75) is 45.8 Å². The Bertz CT molecular complexity index is 1150. The molecule has 0 unspecified atom stereocenters. The van der Waals surface area contributed by atoms with Crippen LogP contribution < -0.4 is 9.62 Å². The van der Waals surface area contributed by atoms with Crippen molar-refractivity contribution in [3.63, 3.8) is 0 Å². The molecule has 0 saturated heterocycles. The van der Waals surface area contributed by atoms with Gasteiger partial charge in [0.25, 0.3) is 0 Å². The fourth-order valence-corrected chi connectivity index (χ4v) is 5.03. The molecule has 2 aromatic carbocycles. The number of benzene rings is 2. The van der Waals surface area contributed by atoms with Gasteiger partial charge in [-0.05, 0) is 56.2 Å². The van der Waals surface area contributed by atoms with E-state index in [9.17, 15) is 18.0 Å². The minimum atomic E-state index is -3.88. The zero-order valence-electron chi connectivity index (χ0n) is 19.4. The zero-order valence-corrected chi connectivity index (χ0v) is 23.3. The van der Waals surface area contributed by atoms with Crippen LogP contribution in [-0.2, 0) is 26.2 Å². The van der Waals surface area contributed by atoms with Crippen molar-refractivity contribution < 1.29 is 18.0 Å². The molecule has 0 fully saturated rings. The zero-order chi connectivity index (χ0) is 25.6. The van der Waals surface area contributed by atoms with Crippen LogP contribution in [0.25, 0.3) is 0 Å². The highest BCUT2D eigenvalue weighted by molar-refractivity contribution is 9.10. The molecule has 0 aromatic heterocycles. The number of anilines is 1. The highest BCUT2D eigenvalue weighted by Crippen LogP contribution is 2.30. The van der Waals surface area contributed by atoms with Gasteiger partial charge in [-0.1, -0.05) is 58.2 Å². The second-order valence-electron chi connectivity index (χ2n) is 8.01. The van der Waals surface area contributed by atoms with Crippen LogP contribution in [0.15, 0.2) is 46.9 Å². The lowest BCUT2D eigenvalue weighted by Gasteiger charge is -2.32. The van der Waals surface area contributed by atoms with Gasteiger partial charge in [-0.15, -0.1) is 0 Å².